The number of furan rings is 1. The van der Waals surface area contributed by atoms with Crippen LogP contribution in [0.2, 0.25) is 0 Å². The number of rotatable bonds is 8. The van der Waals surface area contributed by atoms with Crippen LogP contribution in [0.1, 0.15) is 48.0 Å². The molecule has 7 nitrogen and oxygen atoms in total. The predicted octanol–water partition coefficient (Wildman–Crippen LogP) is 3.67. The molecule has 158 valence electrons. The Morgan fingerprint density at radius 2 is 2.03 bits per heavy atom. The molecule has 1 aliphatic rings. The Morgan fingerprint density at radius 1 is 1.23 bits per heavy atom. The van der Waals surface area contributed by atoms with Gasteiger partial charge in [-0.25, -0.2) is 4.98 Å². The Bertz CT molecular complexity index is 972. The first-order valence-electron chi connectivity index (χ1n) is 10.2. The second-order valence-electron chi connectivity index (χ2n) is 7.47. The predicted molar refractivity (Wildman–Crippen MR) is 112 cm³/mol. The summed E-state index contributed by atoms with van der Waals surface area (Å²) in [5, 5.41) is 2.96. The van der Waals surface area contributed by atoms with E-state index in [2.05, 4.69) is 14.9 Å². The quantitative estimate of drug-likeness (QED) is 0.614. The molecule has 3 heterocycles. The molecule has 1 amide bonds. The van der Waals surface area contributed by atoms with Crippen LogP contribution in [0.25, 0.3) is 0 Å². The maximum absolute atomic E-state index is 12.8. The number of carbonyl (C=O) groups is 1. The molecule has 3 aromatic rings. The highest BCUT2D eigenvalue weighted by Crippen LogP contribution is 2.35. The lowest BCUT2D eigenvalue weighted by atomic mass is 9.91. The fourth-order valence-electron chi connectivity index (χ4n) is 4.00. The van der Waals surface area contributed by atoms with Gasteiger partial charge in [-0.05, 0) is 42.7 Å². The SMILES string of the molecule is COc1cc(OC)cc([C@H](CC(=O)NCc2ccco2)c2cnc3n2CCCC3)c1. The van der Waals surface area contributed by atoms with Gasteiger partial charge in [0.1, 0.15) is 23.1 Å². The van der Waals surface area contributed by atoms with Gasteiger partial charge in [-0.3, -0.25) is 4.79 Å². The van der Waals surface area contributed by atoms with Gasteiger partial charge in [0.15, 0.2) is 0 Å². The normalized spacial score (nSPS) is 14.1. The monoisotopic (exact) mass is 409 g/mol. The average Bonchev–Trinajstić information content (AvgIpc) is 3.45. The third-order valence-corrected chi connectivity index (χ3v) is 5.56. The molecule has 0 bridgehead atoms. The van der Waals surface area contributed by atoms with Crippen LogP contribution in [0.15, 0.2) is 47.2 Å². The van der Waals surface area contributed by atoms with Crippen molar-refractivity contribution in [3.63, 3.8) is 0 Å². The molecule has 0 aliphatic carbocycles. The molecule has 0 spiro atoms. The lowest BCUT2D eigenvalue weighted by Gasteiger charge is -2.23. The van der Waals surface area contributed by atoms with E-state index >= 15 is 0 Å². The van der Waals surface area contributed by atoms with Crippen LogP contribution in [-0.4, -0.2) is 29.7 Å². The minimum Gasteiger partial charge on any atom is -0.497 e. The second-order valence-corrected chi connectivity index (χ2v) is 7.47. The molecule has 1 N–H and O–H groups in total. The van der Waals surface area contributed by atoms with Gasteiger partial charge in [0.25, 0.3) is 0 Å². The minimum atomic E-state index is -0.162. The molecule has 0 unspecified atom stereocenters. The number of fused-ring (bicyclic) bond motifs is 1. The highest BCUT2D eigenvalue weighted by atomic mass is 16.5. The Labute approximate surface area is 176 Å². The van der Waals surface area contributed by atoms with E-state index in [9.17, 15) is 4.79 Å². The van der Waals surface area contributed by atoms with Crippen molar-refractivity contribution in [2.45, 2.75) is 44.7 Å². The zero-order valence-corrected chi connectivity index (χ0v) is 17.4. The average molecular weight is 409 g/mol. The first-order chi connectivity index (χ1) is 14.7. The highest BCUT2D eigenvalue weighted by Gasteiger charge is 2.26. The molecule has 0 saturated carbocycles. The molecular weight excluding hydrogens is 382 g/mol. The smallest absolute Gasteiger partial charge is 0.221 e. The van der Waals surface area contributed by atoms with E-state index in [1.807, 2.05) is 36.5 Å². The van der Waals surface area contributed by atoms with Crippen LogP contribution in [0.4, 0.5) is 0 Å². The summed E-state index contributed by atoms with van der Waals surface area (Å²) in [5.41, 5.74) is 2.01. The van der Waals surface area contributed by atoms with E-state index < -0.39 is 0 Å². The number of methoxy groups -OCH3 is 2. The zero-order chi connectivity index (χ0) is 20.9. The number of amides is 1. The zero-order valence-electron chi connectivity index (χ0n) is 17.4. The third-order valence-electron chi connectivity index (χ3n) is 5.56. The number of hydrogen-bond donors (Lipinski definition) is 1. The topological polar surface area (TPSA) is 78.5 Å². The number of carbonyl (C=O) groups excluding carboxylic acids is 1. The van der Waals surface area contributed by atoms with E-state index in [1.54, 1.807) is 20.5 Å². The summed E-state index contributed by atoms with van der Waals surface area (Å²) in [7, 11) is 3.26. The van der Waals surface area contributed by atoms with Crippen LogP contribution in [0.3, 0.4) is 0 Å². The summed E-state index contributed by atoms with van der Waals surface area (Å²) < 4.78 is 18.5. The van der Waals surface area contributed by atoms with Gasteiger partial charge in [-0.1, -0.05) is 0 Å². The summed E-state index contributed by atoms with van der Waals surface area (Å²) in [6, 6.07) is 9.43. The first-order valence-corrected chi connectivity index (χ1v) is 10.2. The number of benzene rings is 1. The fourth-order valence-corrected chi connectivity index (χ4v) is 4.00. The summed E-state index contributed by atoms with van der Waals surface area (Å²) in [6.07, 6.45) is 7.05. The van der Waals surface area contributed by atoms with E-state index in [-0.39, 0.29) is 11.8 Å². The van der Waals surface area contributed by atoms with Gasteiger partial charge in [-0.15, -0.1) is 0 Å². The largest absolute Gasteiger partial charge is 0.497 e. The number of ether oxygens (including phenoxy) is 2. The lowest BCUT2D eigenvalue weighted by Crippen LogP contribution is -2.26. The van der Waals surface area contributed by atoms with Crippen molar-refractivity contribution in [1.29, 1.82) is 0 Å². The molecule has 0 saturated heterocycles. The van der Waals surface area contributed by atoms with Crippen molar-refractivity contribution in [2.24, 2.45) is 0 Å². The van der Waals surface area contributed by atoms with Crippen LogP contribution < -0.4 is 14.8 Å². The van der Waals surface area contributed by atoms with Crippen molar-refractivity contribution >= 4 is 5.91 Å². The molecule has 4 rings (SSSR count). The van der Waals surface area contributed by atoms with E-state index in [0.29, 0.717) is 24.5 Å². The van der Waals surface area contributed by atoms with Gasteiger partial charge >= 0.3 is 0 Å². The van der Waals surface area contributed by atoms with Crippen molar-refractivity contribution in [1.82, 2.24) is 14.9 Å². The Kier molecular flexibility index (Phi) is 6.07. The third kappa shape index (κ3) is 4.35. The van der Waals surface area contributed by atoms with Crippen LogP contribution in [0, 0.1) is 0 Å². The maximum atomic E-state index is 12.8. The number of aromatic nitrogens is 2. The molecule has 7 heteroatoms. The Hall–Kier alpha value is -3.22. The van der Waals surface area contributed by atoms with E-state index in [1.165, 1.54) is 0 Å². The van der Waals surface area contributed by atoms with Crippen LogP contribution >= 0.6 is 0 Å². The highest BCUT2D eigenvalue weighted by molar-refractivity contribution is 5.77. The molecule has 0 fully saturated rings. The molecule has 2 aromatic heterocycles. The summed E-state index contributed by atoms with van der Waals surface area (Å²) in [5.74, 6) is 3.00. The minimum absolute atomic E-state index is 0.0513. The fraction of sp³-hybridized carbons (Fsp3) is 0.391. The van der Waals surface area contributed by atoms with Crippen molar-refractivity contribution in [2.75, 3.05) is 14.2 Å². The van der Waals surface area contributed by atoms with Gasteiger partial charge in [-0.2, -0.15) is 0 Å². The number of aryl methyl sites for hydroxylation is 1. The standard InChI is InChI=1S/C23H27N3O4/c1-28-18-10-16(11-19(12-18)29-2)20(13-23(27)25-14-17-6-5-9-30-17)21-15-24-22-7-3-4-8-26(21)22/h5-6,9-12,15,20H,3-4,7-8,13-14H2,1-2H3,(H,25,27)/t20-/m0/s1. The van der Waals surface area contributed by atoms with Crippen molar-refractivity contribution in [3.05, 3.63) is 65.6 Å². The number of hydrogen-bond acceptors (Lipinski definition) is 5. The number of nitrogens with zero attached hydrogens (tertiary/aromatic N) is 2. The van der Waals surface area contributed by atoms with Gasteiger partial charge in [0, 0.05) is 43.3 Å². The number of nitrogens with one attached hydrogen (secondary N) is 1. The summed E-state index contributed by atoms with van der Waals surface area (Å²) in [6.45, 7) is 1.29. The second kappa shape index (κ2) is 9.07. The first kappa shape index (κ1) is 20.1. The molecule has 30 heavy (non-hydrogen) atoms. The Balaban J connectivity index is 1.65. The molecule has 1 aliphatic heterocycles. The molecular formula is C23H27N3O4. The van der Waals surface area contributed by atoms with E-state index in [4.69, 9.17) is 13.9 Å². The van der Waals surface area contributed by atoms with Gasteiger partial charge < -0.3 is 23.8 Å². The maximum Gasteiger partial charge on any atom is 0.221 e. The molecule has 1 atom stereocenters. The summed E-state index contributed by atoms with van der Waals surface area (Å²) in [4.78, 5) is 17.5. The van der Waals surface area contributed by atoms with Gasteiger partial charge in [0.2, 0.25) is 5.91 Å². The lowest BCUT2D eigenvalue weighted by molar-refractivity contribution is -0.121. The van der Waals surface area contributed by atoms with Crippen molar-refractivity contribution in [3.8, 4) is 11.5 Å². The van der Waals surface area contributed by atoms with E-state index in [0.717, 1.165) is 48.6 Å². The molecule has 0 radical (unpaired) electrons. The van der Waals surface area contributed by atoms with Crippen LogP contribution in [-0.2, 0) is 24.3 Å². The summed E-state index contributed by atoms with van der Waals surface area (Å²) >= 11 is 0. The van der Waals surface area contributed by atoms with Crippen molar-refractivity contribution < 1.29 is 18.7 Å². The molecule has 1 aromatic carbocycles. The Morgan fingerprint density at radius 3 is 2.73 bits per heavy atom. The van der Waals surface area contributed by atoms with Gasteiger partial charge in [0.05, 0.1) is 27.0 Å². The number of imidazole rings is 1. The van der Waals surface area contributed by atoms with Crippen LogP contribution in [0.5, 0.6) is 11.5 Å².